The molecule has 0 saturated heterocycles. The highest BCUT2D eigenvalue weighted by molar-refractivity contribution is 5.66. The topological polar surface area (TPSA) is 46.5 Å². The molecule has 0 aromatic carbocycles. The number of carboxylic acid groups (broad SMARTS) is 1. The van der Waals surface area contributed by atoms with Gasteiger partial charge in [0.1, 0.15) is 0 Å². The maximum atomic E-state index is 11.2. The first-order valence-corrected chi connectivity index (χ1v) is 12.9. The van der Waals surface area contributed by atoms with Gasteiger partial charge in [-0.1, -0.05) is 53.2 Å². The van der Waals surface area contributed by atoms with Gasteiger partial charge in [0.05, 0.1) is 6.10 Å². The van der Waals surface area contributed by atoms with Crippen LogP contribution in [0.25, 0.3) is 0 Å². The first-order valence-electron chi connectivity index (χ1n) is 12.9. The molecule has 0 amide bonds. The average Bonchev–Trinajstić information content (AvgIpc) is 2.97. The third kappa shape index (κ3) is 3.19. The molecule has 4 rings (SSSR count). The molecule has 31 heavy (non-hydrogen) atoms. The zero-order chi connectivity index (χ0) is 22.8. The van der Waals surface area contributed by atoms with Gasteiger partial charge in [-0.2, -0.15) is 0 Å². The van der Waals surface area contributed by atoms with Gasteiger partial charge in [-0.25, -0.2) is 0 Å². The van der Waals surface area contributed by atoms with Gasteiger partial charge in [0.2, 0.25) is 0 Å². The molecule has 0 heterocycles. The zero-order valence-electron chi connectivity index (χ0n) is 21.1. The summed E-state index contributed by atoms with van der Waals surface area (Å²) in [5, 5.41) is 9.21. The molecular formula is C28H46O3. The molecule has 0 aromatic rings. The summed E-state index contributed by atoms with van der Waals surface area (Å²) in [5.74, 6) is 1.87. The monoisotopic (exact) mass is 430 g/mol. The van der Waals surface area contributed by atoms with Crippen molar-refractivity contribution in [1.29, 1.82) is 0 Å². The smallest absolute Gasteiger partial charge is 0.303 e. The van der Waals surface area contributed by atoms with Gasteiger partial charge in [-0.15, -0.1) is 0 Å². The molecule has 8 atom stereocenters. The molecule has 0 spiro atoms. The van der Waals surface area contributed by atoms with Crippen LogP contribution in [0.15, 0.2) is 11.6 Å². The standard InChI is InChI=1S/C28H46O3/c1-18(8-11-24(29)30)19-12-16-28(6)21-9-10-22-25(2,3)23(31-7)14-15-26(22,4)20(21)13-17-27(19,28)5/h13,18-19,21-23H,8-12,14-17H2,1-7H3,(H,29,30)/t18-,19-,21-,22?,23+,26-,27-,28+/m1/s1. The van der Waals surface area contributed by atoms with E-state index in [4.69, 9.17) is 4.74 Å². The molecule has 3 fully saturated rings. The third-order valence-corrected chi connectivity index (χ3v) is 11.6. The van der Waals surface area contributed by atoms with Gasteiger partial charge in [0.25, 0.3) is 0 Å². The van der Waals surface area contributed by atoms with Crippen LogP contribution >= 0.6 is 0 Å². The molecule has 4 aliphatic carbocycles. The largest absolute Gasteiger partial charge is 0.481 e. The lowest BCUT2D eigenvalue weighted by atomic mass is 9.41. The van der Waals surface area contributed by atoms with Crippen molar-refractivity contribution in [2.24, 2.45) is 45.3 Å². The van der Waals surface area contributed by atoms with Gasteiger partial charge in [-0.05, 0) is 96.7 Å². The van der Waals surface area contributed by atoms with Crippen LogP contribution in [0, 0.1) is 45.3 Å². The summed E-state index contributed by atoms with van der Waals surface area (Å²) in [5.41, 5.74) is 2.94. The molecule has 0 bridgehead atoms. The predicted octanol–water partition coefficient (Wildman–Crippen LogP) is 7.11. The zero-order valence-corrected chi connectivity index (χ0v) is 21.1. The molecule has 176 valence electrons. The highest BCUT2D eigenvalue weighted by Crippen LogP contribution is 2.73. The summed E-state index contributed by atoms with van der Waals surface area (Å²) in [6.45, 7) is 15.0. The highest BCUT2D eigenvalue weighted by Gasteiger charge is 2.65. The Bertz CT molecular complexity index is 753. The van der Waals surface area contributed by atoms with Crippen molar-refractivity contribution in [2.45, 2.75) is 105 Å². The third-order valence-electron chi connectivity index (χ3n) is 11.6. The van der Waals surface area contributed by atoms with Gasteiger partial charge in [0, 0.05) is 13.5 Å². The molecular weight excluding hydrogens is 384 g/mol. The predicted molar refractivity (Wildman–Crippen MR) is 126 cm³/mol. The van der Waals surface area contributed by atoms with Crippen LogP contribution in [0.4, 0.5) is 0 Å². The van der Waals surface area contributed by atoms with Crippen molar-refractivity contribution < 1.29 is 14.6 Å². The lowest BCUT2D eigenvalue weighted by Gasteiger charge is -2.64. The minimum Gasteiger partial charge on any atom is -0.481 e. The summed E-state index contributed by atoms with van der Waals surface area (Å²) in [6.07, 6.45) is 13.0. The molecule has 0 aromatic heterocycles. The van der Waals surface area contributed by atoms with Crippen molar-refractivity contribution in [2.75, 3.05) is 7.11 Å². The van der Waals surface area contributed by atoms with E-state index in [0.29, 0.717) is 52.4 Å². The fourth-order valence-corrected chi connectivity index (χ4v) is 9.63. The lowest BCUT2D eigenvalue weighted by Crippen LogP contribution is -2.58. The van der Waals surface area contributed by atoms with Crippen LogP contribution in [0.5, 0.6) is 0 Å². The van der Waals surface area contributed by atoms with Crippen LogP contribution in [-0.4, -0.2) is 24.3 Å². The van der Waals surface area contributed by atoms with E-state index in [1.54, 1.807) is 5.57 Å². The molecule has 0 aliphatic heterocycles. The molecule has 1 N–H and O–H groups in total. The quantitative estimate of drug-likeness (QED) is 0.473. The van der Waals surface area contributed by atoms with E-state index in [1.165, 1.54) is 44.9 Å². The number of hydrogen-bond donors (Lipinski definition) is 1. The Balaban J connectivity index is 1.65. The lowest BCUT2D eigenvalue weighted by molar-refractivity contribution is -0.137. The summed E-state index contributed by atoms with van der Waals surface area (Å²) >= 11 is 0. The van der Waals surface area contributed by atoms with E-state index >= 15 is 0 Å². The number of fused-ring (bicyclic) bond motifs is 5. The SMILES string of the molecule is CO[C@H]1CC[C@]2(C)C3=CC[C@]4(C)[C@@H]([C@H](C)CCC(=O)O)CC[C@@]4(C)[C@@H]3CCC2C1(C)C. The molecule has 3 nitrogen and oxygen atoms in total. The second kappa shape index (κ2) is 7.61. The Morgan fingerprint density at radius 3 is 2.45 bits per heavy atom. The highest BCUT2D eigenvalue weighted by atomic mass is 16.5. The molecule has 0 radical (unpaired) electrons. The van der Waals surface area contributed by atoms with Crippen LogP contribution in [0.2, 0.25) is 0 Å². The maximum absolute atomic E-state index is 11.2. The second-order valence-corrected chi connectivity index (χ2v) is 12.9. The number of aliphatic carboxylic acids is 1. The van der Waals surface area contributed by atoms with Crippen molar-refractivity contribution in [3.05, 3.63) is 11.6 Å². The van der Waals surface area contributed by atoms with E-state index in [0.717, 1.165) is 6.42 Å². The molecule has 3 saturated carbocycles. The first kappa shape index (κ1) is 23.3. The van der Waals surface area contributed by atoms with Gasteiger partial charge in [-0.3, -0.25) is 4.79 Å². The minimum absolute atomic E-state index is 0.221. The number of carbonyl (C=O) groups is 1. The van der Waals surface area contributed by atoms with E-state index in [2.05, 4.69) is 47.6 Å². The number of methoxy groups -OCH3 is 1. The maximum Gasteiger partial charge on any atom is 0.303 e. The van der Waals surface area contributed by atoms with Gasteiger partial charge < -0.3 is 9.84 Å². The van der Waals surface area contributed by atoms with E-state index in [9.17, 15) is 9.90 Å². The van der Waals surface area contributed by atoms with Crippen LogP contribution < -0.4 is 0 Å². The first-order chi connectivity index (χ1) is 14.4. The number of hydrogen-bond acceptors (Lipinski definition) is 2. The fourth-order valence-electron chi connectivity index (χ4n) is 9.63. The van der Waals surface area contributed by atoms with Crippen LogP contribution in [-0.2, 0) is 9.53 Å². The summed E-state index contributed by atoms with van der Waals surface area (Å²) in [6, 6.07) is 0. The van der Waals surface area contributed by atoms with Crippen LogP contribution in [0.3, 0.4) is 0 Å². The number of rotatable bonds is 5. The summed E-state index contributed by atoms with van der Waals surface area (Å²) in [4.78, 5) is 11.2. The van der Waals surface area contributed by atoms with Crippen molar-refractivity contribution in [3.8, 4) is 0 Å². The van der Waals surface area contributed by atoms with Crippen LogP contribution in [0.1, 0.15) is 99.3 Å². The van der Waals surface area contributed by atoms with Gasteiger partial charge in [0.15, 0.2) is 0 Å². The number of allylic oxidation sites excluding steroid dienone is 2. The molecule has 1 unspecified atom stereocenters. The normalized spacial score (nSPS) is 47.0. The fraction of sp³-hybridized carbons (Fsp3) is 0.893. The summed E-state index contributed by atoms with van der Waals surface area (Å²) < 4.78 is 5.96. The Kier molecular flexibility index (Phi) is 5.72. The Morgan fingerprint density at radius 2 is 1.81 bits per heavy atom. The minimum atomic E-state index is -0.649. The Morgan fingerprint density at radius 1 is 1.10 bits per heavy atom. The summed E-state index contributed by atoms with van der Waals surface area (Å²) in [7, 11) is 1.90. The average molecular weight is 431 g/mol. The Labute approximate surface area is 190 Å². The van der Waals surface area contributed by atoms with Gasteiger partial charge >= 0.3 is 5.97 Å². The number of ether oxygens (including phenoxy) is 1. The molecule has 3 heteroatoms. The second-order valence-electron chi connectivity index (χ2n) is 12.9. The number of carboxylic acids is 1. The van der Waals surface area contributed by atoms with Crippen molar-refractivity contribution >= 4 is 5.97 Å². The van der Waals surface area contributed by atoms with E-state index in [1.807, 2.05) is 7.11 Å². The van der Waals surface area contributed by atoms with Crippen molar-refractivity contribution in [3.63, 3.8) is 0 Å². The van der Waals surface area contributed by atoms with E-state index < -0.39 is 5.97 Å². The molecule has 4 aliphatic rings. The Hall–Kier alpha value is -0.830. The van der Waals surface area contributed by atoms with Crippen molar-refractivity contribution in [1.82, 2.24) is 0 Å². The van der Waals surface area contributed by atoms with E-state index in [-0.39, 0.29) is 5.41 Å².